The van der Waals surface area contributed by atoms with Gasteiger partial charge < -0.3 is 19.5 Å². The Bertz CT molecular complexity index is 1030. The number of hydrogen-bond donors (Lipinski definition) is 1. The van der Waals surface area contributed by atoms with Crippen molar-refractivity contribution in [2.75, 3.05) is 18.5 Å². The normalized spacial score (nSPS) is 10.5. The van der Waals surface area contributed by atoms with Crippen molar-refractivity contribution in [1.29, 1.82) is 0 Å². The molecule has 0 amide bonds. The van der Waals surface area contributed by atoms with Gasteiger partial charge in [0.1, 0.15) is 6.61 Å². The van der Waals surface area contributed by atoms with Gasteiger partial charge in [0.05, 0.1) is 23.2 Å². The van der Waals surface area contributed by atoms with Crippen LogP contribution in [0, 0.1) is 6.92 Å². The molecular formula is C26H28BrNO4. The Morgan fingerprint density at radius 3 is 2.28 bits per heavy atom. The standard InChI is InChI=1S/C26H28BrNO4/c1-4-30-24-15-20(16-28-22-12-10-21(11-13-22)26(29)31-5-2)14-23(27)25(24)32-17-19-8-6-18(3)7-9-19/h6-15,28H,4-5,16-17H2,1-3H3. The first kappa shape index (κ1) is 23.7. The molecule has 0 spiro atoms. The molecule has 0 saturated heterocycles. The maximum absolute atomic E-state index is 11.8. The minimum Gasteiger partial charge on any atom is -0.490 e. The van der Waals surface area contributed by atoms with E-state index >= 15 is 0 Å². The number of esters is 1. The maximum atomic E-state index is 11.8. The van der Waals surface area contributed by atoms with Crippen molar-refractivity contribution in [1.82, 2.24) is 0 Å². The van der Waals surface area contributed by atoms with Crippen molar-refractivity contribution < 1.29 is 19.0 Å². The lowest BCUT2D eigenvalue weighted by Crippen LogP contribution is -2.06. The molecule has 0 saturated carbocycles. The second kappa shape index (κ2) is 11.6. The van der Waals surface area contributed by atoms with Gasteiger partial charge in [-0.25, -0.2) is 4.79 Å². The zero-order valence-corrected chi connectivity index (χ0v) is 20.2. The van der Waals surface area contributed by atoms with Crippen LogP contribution in [0.5, 0.6) is 11.5 Å². The van der Waals surface area contributed by atoms with E-state index < -0.39 is 0 Å². The molecule has 0 bridgehead atoms. The topological polar surface area (TPSA) is 56.8 Å². The monoisotopic (exact) mass is 497 g/mol. The fraction of sp³-hybridized carbons (Fsp3) is 0.269. The van der Waals surface area contributed by atoms with Crippen LogP contribution in [-0.4, -0.2) is 19.2 Å². The van der Waals surface area contributed by atoms with Crippen LogP contribution in [-0.2, 0) is 17.9 Å². The molecular weight excluding hydrogens is 470 g/mol. The molecule has 32 heavy (non-hydrogen) atoms. The summed E-state index contributed by atoms with van der Waals surface area (Å²) >= 11 is 3.64. The molecule has 0 aromatic heterocycles. The summed E-state index contributed by atoms with van der Waals surface area (Å²) < 4.78 is 17.8. The summed E-state index contributed by atoms with van der Waals surface area (Å²) in [5.41, 5.74) is 4.80. The Morgan fingerprint density at radius 2 is 1.62 bits per heavy atom. The first-order valence-corrected chi connectivity index (χ1v) is 11.4. The predicted octanol–water partition coefficient (Wildman–Crippen LogP) is 6.52. The Morgan fingerprint density at radius 1 is 0.906 bits per heavy atom. The molecule has 3 aromatic rings. The number of benzene rings is 3. The zero-order valence-electron chi connectivity index (χ0n) is 18.6. The minimum absolute atomic E-state index is 0.314. The molecule has 0 aliphatic rings. The van der Waals surface area contributed by atoms with Gasteiger partial charge in [-0.15, -0.1) is 0 Å². The van der Waals surface area contributed by atoms with E-state index in [0.29, 0.717) is 43.4 Å². The van der Waals surface area contributed by atoms with Gasteiger partial charge in [-0.1, -0.05) is 29.8 Å². The molecule has 3 rings (SSSR count). The highest BCUT2D eigenvalue weighted by Gasteiger charge is 2.13. The van der Waals surface area contributed by atoms with Crippen molar-refractivity contribution in [3.63, 3.8) is 0 Å². The molecule has 0 radical (unpaired) electrons. The first-order valence-electron chi connectivity index (χ1n) is 10.6. The van der Waals surface area contributed by atoms with Gasteiger partial charge in [-0.3, -0.25) is 0 Å². The van der Waals surface area contributed by atoms with Gasteiger partial charge in [0.2, 0.25) is 0 Å². The van der Waals surface area contributed by atoms with E-state index in [2.05, 4.69) is 52.4 Å². The second-order valence-electron chi connectivity index (χ2n) is 7.26. The number of carbonyl (C=O) groups excluding carboxylic acids is 1. The van der Waals surface area contributed by atoms with Gasteiger partial charge in [0.15, 0.2) is 11.5 Å². The third-order valence-corrected chi connectivity index (χ3v) is 5.35. The summed E-state index contributed by atoms with van der Waals surface area (Å²) in [5.74, 6) is 1.07. The fourth-order valence-corrected chi connectivity index (χ4v) is 3.71. The lowest BCUT2D eigenvalue weighted by atomic mass is 10.1. The number of aryl methyl sites for hydroxylation is 1. The van der Waals surface area contributed by atoms with Crippen LogP contribution in [0.1, 0.15) is 40.9 Å². The van der Waals surface area contributed by atoms with Crippen LogP contribution in [0.3, 0.4) is 0 Å². The lowest BCUT2D eigenvalue weighted by Gasteiger charge is -2.16. The lowest BCUT2D eigenvalue weighted by molar-refractivity contribution is 0.0526. The molecule has 1 N–H and O–H groups in total. The third-order valence-electron chi connectivity index (χ3n) is 4.77. The van der Waals surface area contributed by atoms with Gasteiger partial charge in [-0.05, 0) is 84.2 Å². The minimum atomic E-state index is -0.314. The molecule has 0 unspecified atom stereocenters. The average molecular weight is 498 g/mol. The third kappa shape index (κ3) is 6.50. The highest BCUT2D eigenvalue weighted by atomic mass is 79.9. The quantitative estimate of drug-likeness (QED) is 0.323. The SMILES string of the molecule is CCOC(=O)c1ccc(NCc2cc(Br)c(OCc3ccc(C)cc3)c(OCC)c2)cc1. The molecule has 0 heterocycles. The zero-order chi connectivity index (χ0) is 22.9. The number of rotatable bonds is 10. The van der Waals surface area contributed by atoms with Crippen LogP contribution in [0.4, 0.5) is 5.69 Å². The first-order chi connectivity index (χ1) is 15.5. The van der Waals surface area contributed by atoms with Crippen molar-refractivity contribution in [3.8, 4) is 11.5 Å². The highest BCUT2D eigenvalue weighted by molar-refractivity contribution is 9.10. The maximum Gasteiger partial charge on any atom is 0.338 e. The van der Waals surface area contributed by atoms with E-state index in [4.69, 9.17) is 14.2 Å². The number of ether oxygens (including phenoxy) is 3. The largest absolute Gasteiger partial charge is 0.490 e. The molecule has 0 fully saturated rings. The molecule has 5 nitrogen and oxygen atoms in total. The Labute approximate surface area is 197 Å². The average Bonchev–Trinajstić information content (AvgIpc) is 2.79. The number of anilines is 1. The van der Waals surface area contributed by atoms with Crippen molar-refractivity contribution in [3.05, 3.63) is 87.4 Å². The van der Waals surface area contributed by atoms with Gasteiger partial charge in [0.25, 0.3) is 0 Å². The van der Waals surface area contributed by atoms with E-state index in [1.54, 1.807) is 19.1 Å². The Balaban J connectivity index is 1.68. The number of halogens is 1. The Kier molecular flexibility index (Phi) is 8.56. The Hall–Kier alpha value is -2.99. The molecule has 0 aliphatic carbocycles. The number of carbonyl (C=O) groups is 1. The fourth-order valence-electron chi connectivity index (χ4n) is 3.11. The van der Waals surface area contributed by atoms with Crippen LogP contribution in [0.2, 0.25) is 0 Å². The molecule has 168 valence electrons. The van der Waals surface area contributed by atoms with Crippen LogP contribution < -0.4 is 14.8 Å². The summed E-state index contributed by atoms with van der Waals surface area (Å²) in [6, 6.07) is 19.5. The molecule has 0 atom stereocenters. The van der Waals surface area contributed by atoms with Crippen molar-refractivity contribution >= 4 is 27.6 Å². The van der Waals surface area contributed by atoms with E-state index in [0.717, 1.165) is 21.3 Å². The molecule has 0 aliphatic heterocycles. The second-order valence-corrected chi connectivity index (χ2v) is 8.12. The molecule has 3 aromatic carbocycles. The summed E-state index contributed by atoms with van der Waals surface area (Å²) in [6.45, 7) is 7.77. The summed E-state index contributed by atoms with van der Waals surface area (Å²) in [5, 5.41) is 3.37. The smallest absolute Gasteiger partial charge is 0.338 e. The van der Waals surface area contributed by atoms with Crippen LogP contribution >= 0.6 is 15.9 Å². The van der Waals surface area contributed by atoms with E-state index in [1.165, 1.54) is 5.56 Å². The van der Waals surface area contributed by atoms with Crippen LogP contribution in [0.15, 0.2) is 65.1 Å². The van der Waals surface area contributed by atoms with Crippen molar-refractivity contribution in [2.45, 2.75) is 33.9 Å². The summed E-state index contributed by atoms with van der Waals surface area (Å²) in [4.78, 5) is 11.8. The van der Waals surface area contributed by atoms with Crippen molar-refractivity contribution in [2.24, 2.45) is 0 Å². The van der Waals surface area contributed by atoms with Gasteiger partial charge >= 0.3 is 5.97 Å². The van der Waals surface area contributed by atoms with E-state index in [1.807, 2.05) is 31.2 Å². The number of nitrogens with one attached hydrogen (secondary N) is 1. The van der Waals surface area contributed by atoms with E-state index in [-0.39, 0.29) is 5.97 Å². The molecule has 6 heteroatoms. The highest BCUT2D eigenvalue weighted by Crippen LogP contribution is 2.37. The number of hydrogen-bond acceptors (Lipinski definition) is 5. The summed E-state index contributed by atoms with van der Waals surface area (Å²) in [6.07, 6.45) is 0. The summed E-state index contributed by atoms with van der Waals surface area (Å²) in [7, 11) is 0. The van der Waals surface area contributed by atoms with Gasteiger partial charge in [-0.2, -0.15) is 0 Å². The van der Waals surface area contributed by atoms with Crippen LogP contribution in [0.25, 0.3) is 0 Å². The van der Waals surface area contributed by atoms with E-state index in [9.17, 15) is 4.79 Å². The van der Waals surface area contributed by atoms with Gasteiger partial charge in [0, 0.05) is 12.2 Å². The predicted molar refractivity (Wildman–Crippen MR) is 131 cm³/mol.